The van der Waals surface area contributed by atoms with Crippen LogP contribution in [0, 0.1) is 0 Å². The summed E-state index contributed by atoms with van der Waals surface area (Å²) < 4.78 is 5.67. The average molecular weight is 398 g/mol. The van der Waals surface area contributed by atoms with Crippen LogP contribution in [0.5, 0.6) is 5.75 Å². The third-order valence-corrected chi connectivity index (χ3v) is 5.17. The van der Waals surface area contributed by atoms with Gasteiger partial charge in [0.1, 0.15) is 5.75 Å². The molecule has 28 heavy (non-hydrogen) atoms. The summed E-state index contributed by atoms with van der Waals surface area (Å²) in [4.78, 5) is 2.48. The van der Waals surface area contributed by atoms with Crippen molar-refractivity contribution in [1.29, 1.82) is 0 Å². The lowest BCUT2D eigenvalue weighted by Gasteiger charge is -2.29. The van der Waals surface area contributed by atoms with Gasteiger partial charge in [-0.3, -0.25) is 0 Å². The predicted molar refractivity (Wildman–Crippen MR) is 122 cm³/mol. The first kappa shape index (κ1) is 20.5. The van der Waals surface area contributed by atoms with Crippen LogP contribution >= 0.6 is 12.2 Å². The molecule has 1 atom stereocenters. The topological polar surface area (TPSA) is 36.5 Å². The molecular weight excluding hydrogens is 366 g/mol. The Bertz CT molecular complexity index is 752. The minimum absolute atomic E-state index is 0.138. The highest BCUT2D eigenvalue weighted by atomic mass is 32.1. The number of benzene rings is 2. The van der Waals surface area contributed by atoms with Crippen molar-refractivity contribution in [3.05, 3.63) is 54.1 Å². The number of thiocarbonyl (C=S) groups is 1. The first-order valence-corrected chi connectivity index (χ1v) is 10.6. The van der Waals surface area contributed by atoms with Crippen LogP contribution in [0.15, 0.2) is 48.5 Å². The van der Waals surface area contributed by atoms with E-state index in [1.54, 1.807) is 0 Å². The van der Waals surface area contributed by atoms with Gasteiger partial charge in [-0.15, -0.1) is 0 Å². The minimum Gasteiger partial charge on any atom is -0.491 e. The van der Waals surface area contributed by atoms with Gasteiger partial charge in [0, 0.05) is 24.5 Å². The van der Waals surface area contributed by atoms with E-state index >= 15 is 0 Å². The first-order chi connectivity index (χ1) is 13.5. The lowest BCUT2D eigenvalue weighted by Crippen LogP contribution is -2.31. The predicted octanol–water partition coefficient (Wildman–Crippen LogP) is 5.51. The summed E-state index contributed by atoms with van der Waals surface area (Å²) in [6.07, 6.45) is 4.12. The molecule has 0 amide bonds. The van der Waals surface area contributed by atoms with E-state index in [4.69, 9.17) is 17.0 Å². The van der Waals surface area contributed by atoms with Crippen LogP contribution in [-0.2, 0) is 0 Å². The van der Waals surface area contributed by atoms with E-state index in [1.807, 2.05) is 38.1 Å². The van der Waals surface area contributed by atoms with Crippen LogP contribution in [-0.4, -0.2) is 24.3 Å². The number of hydrogen-bond donors (Lipinski definition) is 2. The van der Waals surface area contributed by atoms with Crippen LogP contribution in [0.25, 0.3) is 0 Å². The van der Waals surface area contributed by atoms with Crippen LogP contribution < -0.4 is 20.3 Å². The lowest BCUT2D eigenvalue weighted by molar-refractivity contribution is 0.242. The van der Waals surface area contributed by atoms with Crippen molar-refractivity contribution in [3.63, 3.8) is 0 Å². The van der Waals surface area contributed by atoms with Gasteiger partial charge in [0.15, 0.2) is 5.11 Å². The Morgan fingerprint density at radius 1 is 0.929 bits per heavy atom. The van der Waals surface area contributed by atoms with Gasteiger partial charge in [-0.2, -0.15) is 0 Å². The summed E-state index contributed by atoms with van der Waals surface area (Å²) in [5.74, 6) is 0.863. The molecule has 150 valence electrons. The Morgan fingerprint density at radius 3 is 2.18 bits per heavy atom. The second-order valence-electron chi connectivity index (χ2n) is 7.65. The van der Waals surface area contributed by atoms with Gasteiger partial charge in [-0.1, -0.05) is 12.1 Å². The third-order valence-electron chi connectivity index (χ3n) is 4.95. The van der Waals surface area contributed by atoms with Crippen molar-refractivity contribution in [2.24, 2.45) is 0 Å². The van der Waals surface area contributed by atoms with Gasteiger partial charge in [0.25, 0.3) is 0 Å². The Labute approximate surface area is 174 Å². The molecule has 5 heteroatoms. The SMILES string of the molecule is CC(C)Oc1ccc(NC(=S)N[C@@H](C)c2ccc(N3CCCCC3)cc2)cc1. The van der Waals surface area contributed by atoms with Crippen molar-refractivity contribution < 1.29 is 4.74 Å². The molecule has 2 aromatic rings. The molecule has 3 rings (SSSR count). The molecule has 0 unspecified atom stereocenters. The molecule has 1 aliphatic rings. The number of nitrogens with zero attached hydrogens (tertiary/aromatic N) is 1. The van der Waals surface area contributed by atoms with Gasteiger partial charge in [0.05, 0.1) is 12.1 Å². The van der Waals surface area contributed by atoms with Gasteiger partial charge >= 0.3 is 0 Å². The molecule has 4 nitrogen and oxygen atoms in total. The maximum atomic E-state index is 5.67. The zero-order valence-electron chi connectivity index (χ0n) is 17.1. The molecular formula is C23H31N3OS. The zero-order chi connectivity index (χ0) is 19.9. The molecule has 0 saturated carbocycles. The number of piperidine rings is 1. The van der Waals surface area contributed by atoms with E-state index in [-0.39, 0.29) is 12.1 Å². The van der Waals surface area contributed by atoms with Crippen molar-refractivity contribution in [3.8, 4) is 5.75 Å². The summed E-state index contributed by atoms with van der Waals surface area (Å²) >= 11 is 5.48. The molecule has 1 heterocycles. The van der Waals surface area contributed by atoms with Gasteiger partial charge in [-0.05, 0) is 94.2 Å². The maximum absolute atomic E-state index is 5.67. The van der Waals surface area contributed by atoms with Crippen molar-refractivity contribution in [2.75, 3.05) is 23.3 Å². The third kappa shape index (κ3) is 5.86. The number of nitrogens with one attached hydrogen (secondary N) is 2. The van der Waals surface area contributed by atoms with E-state index in [9.17, 15) is 0 Å². The molecule has 0 radical (unpaired) electrons. The molecule has 2 N–H and O–H groups in total. The fourth-order valence-corrected chi connectivity index (χ4v) is 3.76. The largest absolute Gasteiger partial charge is 0.491 e. The van der Waals surface area contributed by atoms with Crippen LogP contribution in [0.2, 0.25) is 0 Å². The Hall–Kier alpha value is -2.27. The van der Waals surface area contributed by atoms with E-state index < -0.39 is 0 Å². The van der Waals surface area contributed by atoms with Gasteiger partial charge < -0.3 is 20.3 Å². The summed E-state index contributed by atoms with van der Waals surface area (Å²) in [6.45, 7) is 8.51. The maximum Gasteiger partial charge on any atom is 0.171 e. The number of hydrogen-bond acceptors (Lipinski definition) is 3. The second-order valence-corrected chi connectivity index (χ2v) is 8.06. The van der Waals surface area contributed by atoms with Gasteiger partial charge in [-0.25, -0.2) is 0 Å². The van der Waals surface area contributed by atoms with Crippen LogP contribution in [0.3, 0.4) is 0 Å². The smallest absolute Gasteiger partial charge is 0.171 e. The molecule has 2 aromatic carbocycles. The summed E-state index contributed by atoms with van der Waals surface area (Å²) in [5, 5.41) is 7.22. The fraction of sp³-hybridized carbons (Fsp3) is 0.435. The second kappa shape index (κ2) is 9.78. The van der Waals surface area contributed by atoms with Crippen molar-refractivity contribution >= 4 is 28.7 Å². The van der Waals surface area contributed by atoms with Gasteiger partial charge in [0.2, 0.25) is 0 Å². The Balaban J connectivity index is 1.52. The summed E-state index contributed by atoms with van der Waals surface area (Å²) in [6, 6.07) is 16.8. The average Bonchev–Trinajstić information content (AvgIpc) is 2.70. The highest BCUT2D eigenvalue weighted by molar-refractivity contribution is 7.80. The Morgan fingerprint density at radius 2 is 1.57 bits per heavy atom. The number of anilines is 2. The molecule has 0 aliphatic carbocycles. The van der Waals surface area contributed by atoms with Crippen LogP contribution in [0.4, 0.5) is 11.4 Å². The van der Waals surface area contributed by atoms with Crippen LogP contribution in [0.1, 0.15) is 51.6 Å². The minimum atomic E-state index is 0.138. The number of ether oxygens (including phenoxy) is 1. The lowest BCUT2D eigenvalue weighted by atomic mass is 10.1. The monoisotopic (exact) mass is 397 g/mol. The number of rotatable bonds is 6. The summed E-state index contributed by atoms with van der Waals surface area (Å²) in [7, 11) is 0. The van der Waals surface area contributed by atoms with E-state index in [2.05, 4.69) is 46.7 Å². The standard InChI is InChI=1S/C23H31N3OS/c1-17(2)27-22-13-9-20(10-14-22)25-23(28)24-18(3)19-7-11-21(12-8-19)26-15-5-4-6-16-26/h7-14,17-18H,4-6,15-16H2,1-3H3,(H2,24,25,28)/t18-/m0/s1. The normalized spacial score (nSPS) is 15.2. The molecule has 0 aromatic heterocycles. The highest BCUT2D eigenvalue weighted by Crippen LogP contribution is 2.23. The molecule has 1 saturated heterocycles. The highest BCUT2D eigenvalue weighted by Gasteiger charge is 2.12. The zero-order valence-corrected chi connectivity index (χ0v) is 17.9. The molecule has 1 fully saturated rings. The quantitative estimate of drug-likeness (QED) is 0.629. The molecule has 0 spiro atoms. The summed E-state index contributed by atoms with van der Waals surface area (Å²) in [5.41, 5.74) is 3.49. The fourth-order valence-electron chi connectivity index (χ4n) is 3.46. The van der Waals surface area contributed by atoms with E-state index in [1.165, 1.54) is 43.6 Å². The Kier molecular flexibility index (Phi) is 7.15. The van der Waals surface area contributed by atoms with E-state index in [0.717, 1.165) is 11.4 Å². The van der Waals surface area contributed by atoms with Crippen molar-refractivity contribution in [1.82, 2.24) is 5.32 Å². The molecule has 0 bridgehead atoms. The first-order valence-electron chi connectivity index (χ1n) is 10.2. The van der Waals surface area contributed by atoms with E-state index in [0.29, 0.717) is 5.11 Å². The van der Waals surface area contributed by atoms with Crippen molar-refractivity contribution in [2.45, 2.75) is 52.2 Å². The molecule has 1 aliphatic heterocycles.